The Labute approximate surface area is 151 Å². The highest BCUT2D eigenvalue weighted by molar-refractivity contribution is 5.99. The van der Waals surface area contributed by atoms with Gasteiger partial charge in [0.05, 0.1) is 0 Å². The first-order chi connectivity index (χ1) is 11.6. The number of amides is 1. The van der Waals surface area contributed by atoms with E-state index in [0.717, 1.165) is 17.3 Å². The molecule has 0 saturated heterocycles. The predicted octanol–water partition coefficient (Wildman–Crippen LogP) is 5.22. The molecular formula is C22H32N2O. The number of hydrogen-bond acceptors (Lipinski definition) is 1. The molecule has 1 aliphatic carbocycles. The number of benzene rings is 1. The summed E-state index contributed by atoms with van der Waals surface area (Å²) >= 11 is 0. The summed E-state index contributed by atoms with van der Waals surface area (Å²) in [5.41, 5.74) is 4.45. The normalized spacial score (nSPS) is 28.9. The van der Waals surface area contributed by atoms with Gasteiger partial charge in [0, 0.05) is 16.9 Å². The van der Waals surface area contributed by atoms with Gasteiger partial charge in [0.1, 0.15) is 5.69 Å². The van der Waals surface area contributed by atoms with Crippen LogP contribution in [-0.2, 0) is 0 Å². The monoisotopic (exact) mass is 340 g/mol. The molecule has 0 spiro atoms. The van der Waals surface area contributed by atoms with Crippen molar-refractivity contribution in [3.05, 3.63) is 35.0 Å². The van der Waals surface area contributed by atoms with Gasteiger partial charge in [0.25, 0.3) is 5.91 Å². The number of aromatic nitrogens is 1. The van der Waals surface area contributed by atoms with Gasteiger partial charge >= 0.3 is 0 Å². The van der Waals surface area contributed by atoms with Gasteiger partial charge in [-0.3, -0.25) is 4.79 Å². The maximum atomic E-state index is 12.9. The van der Waals surface area contributed by atoms with Gasteiger partial charge in [-0.05, 0) is 66.7 Å². The molecule has 0 radical (unpaired) electrons. The van der Waals surface area contributed by atoms with Crippen LogP contribution in [-0.4, -0.2) is 16.9 Å². The van der Waals surface area contributed by atoms with Crippen molar-refractivity contribution >= 4 is 16.8 Å². The van der Waals surface area contributed by atoms with Gasteiger partial charge in [-0.25, -0.2) is 0 Å². The van der Waals surface area contributed by atoms with E-state index in [-0.39, 0.29) is 11.9 Å². The number of aryl methyl sites for hydroxylation is 2. The highest BCUT2D eigenvalue weighted by Gasteiger charge is 2.44. The third-order valence-electron chi connectivity index (χ3n) is 7.12. The van der Waals surface area contributed by atoms with E-state index in [4.69, 9.17) is 0 Å². The zero-order valence-electron chi connectivity index (χ0n) is 16.7. The van der Waals surface area contributed by atoms with E-state index in [1.165, 1.54) is 11.1 Å². The maximum Gasteiger partial charge on any atom is 0.267 e. The van der Waals surface area contributed by atoms with Crippen molar-refractivity contribution in [3.8, 4) is 0 Å². The van der Waals surface area contributed by atoms with Crippen LogP contribution in [0.3, 0.4) is 0 Å². The Bertz CT molecular complexity index is 802. The summed E-state index contributed by atoms with van der Waals surface area (Å²) in [7, 11) is 0. The van der Waals surface area contributed by atoms with Crippen molar-refractivity contribution in [3.63, 3.8) is 0 Å². The molecule has 1 aromatic heterocycles. The smallest absolute Gasteiger partial charge is 0.267 e. The maximum absolute atomic E-state index is 12.9. The molecule has 136 valence electrons. The van der Waals surface area contributed by atoms with Crippen molar-refractivity contribution in [2.75, 3.05) is 0 Å². The molecule has 3 rings (SSSR count). The number of hydrogen-bond donors (Lipinski definition) is 2. The van der Waals surface area contributed by atoms with E-state index < -0.39 is 0 Å². The van der Waals surface area contributed by atoms with Crippen LogP contribution in [0.5, 0.6) is 0 Å². The Hall–Kier alpha value is -1.77. The fourth-order valence-corrected chi connectivity index (χ4v) is 4.53. The van der Waals surface area contributed by atoms with Crippen molar-refractivity contribution in [2.45, 2.75) is 60.9 Å². The summed E-state index contributed by atoms with van der Waals surface area (Å²) in [5.74, 6) is 1.67. The molecule has 1 aliphatic rings. The highest BCUT2D eigenvalue weighted by atomic mass is 16.1. The average molecular weight is 341 g/mol. The van der Waals surface area contributed by atoms with Crippen LogP contribution >= 0.6 is 0 Å². The lowest BCUT2D eigenvalue weighted by atomic mass is 9.58. The van der Waals surface area contributed by atoms with Crippen molar-refractivity contribution < 1.29 is 4.79 Å². The molecule has 0 bridgehead atoms. The third kappa shape index (κ3) is 3.09. The largest absolute Gasteiger partial charge is 0.351 e. The Morgan fingerprint density at radius 2 is 1.84 bits per heavy atom. The quantitative estimate of drug-likeness (QED) is 0.773. The lowest BCUT2D eigenvalue weighted by molar-refractivity contribution is 0.0155. The molecule has 4 atom stereocenters. The topological polar surface area (TPSA) is 44.9 Å². The second-order valence-corrected chi connectivity index (χ2v) is 8.91. The van der Waals surface area contributed by atoms with Gasteiger partial charge < -0.3 is 10.3 Å². The molecular weight excluding hydrogens is 308 g/mol. The average Bonchev–Trinajstić information content (AvgIpc) is 2.95. The van der Waals surface area contributed by atoms with Gasteiger partial charge in [-0.15, -0.1) is 0 Å². The molecule has 3 heteroatoms. The molecule has 0 unspecified atom stereocenters. The number of carbonyl (C=O) groups is 1. The first kappa shape index (κ1) is 18.0. The Kier molecular flexibility index (Phi) is 4.47. The van der Waals surface area contributed by atoms with Crippen molar-refractivity contribution in [2.24, 2.45) is 23.2 Å². The van der Waals surface area contributed by atoms with E-state index in [1.807, 2.05) is 6.07 Å². The van der Waals surface area contributed by atoms with Crippen LogP contribution < -0.4 is 5.32 Å². The Morgan fingerprint density at radius 1 is 1.16 bits per heavy atom. The first-order valence-corrected chi connectivity index (χ1v) is 9.52. The Morgan fingerprint density at radius 3 is 2.52 bits per heavy atom. The minimum Gasteiger partial charge on any atom is -0.351 e. The van der Waals surface area contributed by atoms with Crippen molar-refractivity contribution in [1.29, 1.82) is 0 Å². The minimum absolute atomic E-state index is 0.0178. The summed E-state index contributed by atoms with van der Waals surface area (Å²) in [6.45, 7) is 15.8. The van der Waals surface area contributed by atoms with Crippen LogP contribution in [0.1, 0.15) is 62.7 Å². The molecule has 1 fully saturated rings. The van der Waals surface area contributed by atoms with Crippen LogP contribution in [0.15, 0.2) is 18.2 Å². The predicted molar refractivity (Wildman–Crippen MR) is 105 cm³/mol. The third-order valence-corrected chi connectivity index (χ3v) is 7.12. The molecule has 1 heterocycles. The lowest BCUT2D eigenvalue weighted by Gasteiger charge is -2.49. The fraction of sp³-hybridized carbons (Fsp3) is 0.591. The molecule has 1 saturated carbocycles. The van der Waals surface area contributed by atoms with Crippen LogP contribution in [0.2, 0.25) is 0 Å². The summed E-state index contributed by atoms with van der Waals surface area (Å²) < 4.78 is 0. The number of aromatic amines is 1. The van der Waals surface area contributed by atoms with Crippen LogP contribution in [0.4, 0.5) is 0 Å². The van der Waals surface area contributed by atoms with Gasteiger partial charge in [-0.2, -0.15) is 0 Å². The summed E-state index contributed by atoms with van der Waals surface area (Å²) in [6.07, 6.45) is 1.04. The number of H-pyrrole nitrogens is 1. The molecule has 0 aliphatic heterocycles. The second kappa shape index (κ2) is 6.19. The molecule has 25 heavy (non-hydrogen) atoms. The van der Waals surface area contributed by atoms with E-state index >= 15 is 0 Å². The molecule has 3 nitrogen and oxygen atoms in total. The molecule has 2 N–H and O–H groups in total. The van der Waals surface area contributed by atoms with E-state index in [0.29, 0.717) is 28.9 Å². The second-order valence-electron chi connectivity index (χ2n) is 8.91. The zero-order valence-corrected chi connectivity index (χ0v) is 16.7. The first-order valence-electron chi connectivity index (χ1n) is 9.52. The summed E-state index contributed by atoms with van der Waals surface area (Å²) in [4.78, 5) is 16.2. The van der Waals surface area contributed by atoms with E-state index in [9.17, 15) is 4.79 Å². The number of nitrogens with one attached hydrogen (secondary N) is 2. The number of carbonyl (C=O) groups excluding carboxylic acids is 1. The number of fused-ring (bicyclic) bond motifs is 1. The summed E-state index contributed by atoms with van der Waals surface area (Å²) in [6, 6.07) is 6.49. The van der Waals surface area contributed by atoms with E-state index in [2.05, 4.69) is 70.9 Å². The fourth-order valence-electron chi connectivity index (χ4n) is 4.53. The highest BCUT2D eigenvalue weighted by Crippen LogP contribution is 2.47. The molecule has 1 amide bonds. The Balaban J connectivity index is 1.82. The van der Waals surface area contributed by atoms with Crippen LogP contribution in [0.25, 0.3) is 10.9 Å². The van der Waals surface area contributed by atoms with E-state index in [1.54, 1.807) is 0 Å². The molecule has 1 aromatic carbocycles. The van der Waals surface area contributed by atoms with Gasteiger partial charge in [0.2, 0.25) is 0 Å². The summed E-state index contributed by atoms with van der Waals surface area (Å²) in [5, 5.41) is 4.44. The molecule has 2 aromatic rings. The van der Waals surface area contributed by atoms with Gasteiger partial charge in [0.15, 0.2) is 0 Å². The van der Waals surface area contributed by atoms with Crippen LogP contribution in [0, 0.1) is 37.0 Å². The van der Waals surface area contributed by atoms with Gasteiger partial charge in [-0.1, -0.05) is 40.7 Å². The zero-order chi connectivity index (χ0) is 18.5. The standard InChI is InChI=1S/C22H32N2O/c1-12-8-13(2)17-11-20(23-19(17)9-12)21(25)24-18-10-14(3)22(6,7)16(5)15(18)4/h8-9,11,14-16,18,23H,10H2,1-7H3,(H,24,25)/t14-,15+,16+,18+/m0/s1. The SMILES string of the molecule is Cc1cc(C)c2cc(C(=O)N[C@@H]3C[C@H](C)C(C)(C)[C@H](C)[C@H]3C)[nH]c2c1. The minimum atomic E-state index is 0.0178. The number of rotatable bonds is 2. The lowest BCUT2D eigenvalue weighted by Crippen LogP contribution is -2.52. The van der Waals surface area contributed by atoms with Crippen molar-refractivity contribution in [1.82, 2.24) is 10.3 Å².